The summed E-state index contributed by atoms with van der Waals surface area (Å²) in [6.45, 7) is 6.68. The number of aromatic nitrogens is 3. The number of ether oxygens (including phenoxy) is 1. The van der Waals surface area contributed by atoms with Crippen LogP contribution >= 0.6 is 0 Å². The normalized spacial score (nSPS) is 17.9. The highest BCUT2D eigenvalue weighted by Gasteiger charge is 2.33. The van der Waals surface area contributed by atoms with Crippen molar-refractivity contribution >= 4 is 11.5 Å². The topological polar surface area (TPSA) is 42.7 Å². The molecule has 2 heterocycles. The molecule has 5 heteroatoms. The van der Waals surface area contributed by atoms with Crippen LogP contribution in [-0.4, -0.2) is 34.8 Å². The molecule has 3 aliphatic carbocycles. The van der Waals surface area contributed by atoms with E-state index < -0.39 is 0 Å². The number of rotatable bonds is 7. The first-order chi connectivity index (χ1) is 15.1. The van der Waals surface area contributed by atoms with Crippen LogP contribution in [0.2, 0.25) is 0 Å². The van der Waals surface area contributed by atoms with Crippen LogP contribution < -0.4 is 9.64 Å². The minimum Gasteiger partial charge on any atom is -0.497 e. The Bertz CT molecular complexity index is 1120. The molecule has 2 saturated carbocycles. The van der Waals surface area contributed by atoms with E-state index in [1.807, 2.05) is 6.20 Å². The summed E-state index contributed by atoms with van der Waals surface area (Å²) in [4.78, 5) is 7.87. The molecule has 1 aromatic carbocycles. The maximum absolute atomic E-state index is 5.49. The second-order valence-corrected chi connectivity index (χ2v) is 9.94. The van der Waals surface area contributed by atoms with Gasteiger partial charge in [0.15, 0.2) is 5.65 Å². The molecule has 0 spiro atoms. The molecule has 0 bridgehead atoms. The van der Waals surface area contributed by atoms with Gasteiger partial charge in [-0.25, -0.2) is 4.98 Å². The number of hydrogen-bond acceptors (Lipinski definition) is 4. The molecule has 6 rings (SSSR count). The summed E-state index contributed by atoms with van der Waals surface area (Å²) in [5.41, 5.74) is 8.57. The Balaban J connectivity index is 1.53. The standard InChI is InChI=1S/C26H32N4O/c1-16-11-20(31-3)12-17(2)24(16)22-13-27-30-25(22)28-23-6-4-5-21(23)26(30)29(14-18-7-8-18)15-19-9-10-19/h11-13,18-19H,4-10,14-15H2,1-3H3. The summed E-state index contributed by atoms with van der Waals surface area (Å²) in [6, 6.07) is 4.24. The van der Waals surface area contributed by atoms with Crippen LogP contribution in [0.1, 0.15) is 54.5 Å². The number of aryl methyl sites for hydroxylation is 3. The molecule has 0 radical (unpaired) electrons. The van der Waals surface area contributed by atoms with Crippen molar-refractivity contribution in [2.45, 2.75) is 58.8 Å². The molecule has 5 nitrogen and oxygen atoms in total. The van der Waals surface area contributed by atoms with Gasteiger partial charge in [-0.15, -0.1) is 0 Å². The average molecular weight is 417 g/mol. The molecule has 0 amide bonds. The lowest BCUT2D eigenvalue weighted by molar-refractivity contribution is 0.414. The van der Waals surface area contributed by atoms with E-state index in [1.165, 1.54) is 79.0 Å². The van der Waals surface area contributed by atoms with E-state index in [0.717, 1.165) is 41.6 Å². The van der Waals surface area contributed by atoms with E-state index >= 15 is 0 Å². The van der Waals surface area contributed by atoms with Crippen molar-refractivity contribution < 1.29 is 4.74 Å². The van der Waals surface area contributed by atoms with E-state index in [2.05, 4.69) is 35.4 Å². The molecule has 0 N–H and O–H groups in total. The third-order valence-electron chi connectivity index (χ3n) is 7.31. The van der Waals surface area contributed by atoms with Crippen LogP contribution in [0.5, 0.6) is 5.75 Å². The van der Waals surface area contributed by atoms with Gasteiger partial charge in [0.05, 0.1) is 13.3 Å². The summed E-state index contributed by atoms with van der Waals surface area (Å²) < 4.78 is 7.66. The first-order valence-corrected chi connectivity index (χ1v) is 11.9. The number of benzene rings is 1. The van der Waals surface area contributed by atoms with Crippen molar-refractivity contribution in [2.24, 2.45) is 11.8 Å². The first-order valence-electron chi connectivity index (χ1n) is 11.9. The monoisotopic (exact) mass is 416 g/mol. The molecular formula is C26H32N4O. The lowest BCUT2D eigenvalue weighted by Gasteiger charge is -2.27. The van der Waals surface area contributed by atoms with E-state index in [4.69, 9.17) is 14.8 Å². The van der Waals surface area contributed by atoms with Gasteiger partial charge in [-0.05, 0) is 99.5 Å². The summed E-state index contributed by atoms with van der Waals surface area (Å²) in [5.74, 6) is 3.97. The van der Waals surface area contributed by atoms with Crippen molar-refractivity contribution in [3.05, 3.63) is 40.7 Å². The molecular weight excluding hydrogens is 384 g/mol. The highest BCUT2D eigenvalue weighted by atomic mass is 16.5. The highest BCUT2D eigenvalue weighted by Crippen LogP contribution is 2.41. The molecule has 2 fully saturated rings. The Morgan fingerprint density at radius 3 is 2.32 bits per heavy atom. The summed E-state index contributed by atoms with van der Waals surface area (Å²) in [7, 11) is 1.73. The van der Waals surface area contributed by atoms with Gasteiger partial charge < -0.3 is 9.64 Å². The lowest BCUT2D eigenvalue weighted by Crippen LogP contribution is -2.31. The minimum atomic E-state index is 0.861. The number of fused-ring (bicyclic) bond motifs is 2. The van der Waals surface area contributed by atoms with Crippen molar-refractivity contribution in [2.75, 3.05) is 25.1 Å². The van der Waals surface area contributed by atoms with Crippen LogP contribution in [0.15, 0.2) is 18.3 Å². The van der Waals surface area contributed by atoms with Crippen LogP contribution in [0.3, 0.4) is 0 Å². The number of anilines is 1. The fourth-order valence-corrected chi connectivity index (χ4v) is 5.39. The number of methoxy groups -OCH3 is 1. The summed E-state index contributed by atoms with van der Waals surface area (Å²) >= 11 is 0. The second-order valence-electron chi connectivity index (χ2n) is 9.94. The Hall–Kier alpha value is -2.56. The van der Waals surface area contributed by atoms with Gasteiger partial charge in [0.2, 0.25) is 0 Å². The highest BCUT2D eigenvalue weighted by molar-refractivity contribution is 5.83. The Kier molecular flexibility index (Phi) is 4.48. The molecule has 0 unspecified atom stereocenters. The maximum atomic E-state index is 5.49. The van der Waals surface area contributed by atoms with E-state index in [0.29, 0.717) is 0 Å². The molecule has 3 aliphatic rings. The molecule has 0 aliphatic heterocycles. The average Bonchev–Trinajstić information content (AvgIpc) is 3.66. The molecule has 3 aromatic rings. The molecule has 0 saturated heterocycles. The summed E-state index contributed by atoms with van der Waals surface area (Å²) in [5, 5.41) is 4.95. The van der Waals surface area contributed by atoms with Crippen LogP contribution in [0, 0.1) is 25.7 Å². The van der Waals surface area contributed by atoms with Gasteiger partial charge >= 0.3 is 0 Å². The zero-order chi connectivity index (χ0) is 21.1. The van der Waals surface area contributed by atoms with Gasteiger partial charge in [0.25, 0.3) is 0 Å². The van der Waals surface area contributed by atoms with Crippen molar-refractivity contribution in [3.63, 3.8) is 0 Å². The predicted molar refractivity (Wildman–Crippen MR) is 124 cm³/mol. The molecule has 31 heavy (non-hydrogen) atoms. The van der Waals surface area contributed by atoms with Gasteiger partial charge in [0.1, 0.15) is 11.6 Å². The van der Waals surface area contributed by atoms with Crippen molar-refractivity contribution in [3.8, 4) is 16.9 Å². The van der Waals surface area contributed by atoms with Crippen LogP contribution in [0.4, 0.5) is 5.82 Å². The Labute approximate surface area is 184 Å². The zero-order valence-electron chi connectivity index (χ0n) is 18.9. The van der Waals surface area contributed by atoms with E-state index in [9.17, 15) is 0 Å². The van der Waals surface area contributed by atoms with E-state index in [1.54, 1.807) is 7.11 Å². The largest absolute Gasteiger partial charge is 0.497 e. The number of hydrogen-bond donors (Lipinski definition) is 0. The SMILES string of the molecule is COc1cc(C)c(-c2cnn3c(N(CC4CC4)CC4CC4)c4c(nc23)CCC4)c(C)c1. The Morgan fingerprint density at radius 2 is 1.71 bits per heavy atom. The van der Waals surface area contributed by atoms with Crippen LogP contribution in [-0.2, 0) is 12.8 Å². The quantitative estimate of drug-likeness (QED) is 0.535. The molecule has 162 valence electrons. The number of nitrogens with zero attached hydrogens (tertiary/aromatic N) is 4. The predicted octanol–water partition coefficient (Wildman–Crippen LogP) is 5.14. The van der Waals surface area contributed by atoms with Crippen LogP contribution in [0.25, 0.3) is 16.8 Å². The lowest BCUT2D eigenvalue weighted by atomic mass is 9.97. The van der Waals surface area contributed by atoms with Gasteiger partial charge in [-0.1, -0.05) is 0 Å². The maximum Gasteiger partial charge on any atom is 0.165 e. The van der Waals surface area contributed by atoms with Crippen molar-refractivity contribution in [1.82, 2.24) is 14.6 Å². The van der Waals surface area contributed by atoms with Gasteiger partial charge in [-0.2, -0.15) is 9.61 Å². The first kappa shape index (κ1) is 19.1. The zero-order valence-corrected chi connectivity index (χ0v) is 18.9. The molecule has 2 aromatic heterocycles. The fraction of sp³-hybridized carbons (Fsp3) is 0.538. The second kappa shape index (κ2) is 7.25. The molecule has 0 atom stereocenters. The van der Waals surface area contributed by atoms with Crippen molar-refractivity contribution in [1.29, 1.82) is 0 Å². The smallest absolute Gasteiger partial charge is 0.165 e. The van der Waals surface area contributed by atoms with Gasteiger partial charge in [0, 0.05) is 29.9 Å². The minimum absolute atomic E-state index is 0.861. The van der Waals surface area contributed by atoms with E-state index in [-0.39, 0.29) is 0 Å². The van der Waals surface area contributed by atoms with Gasteiger partial charge in [-0.3, -0.25) is 0 Å². The fourth-order valence-electron chi connectivity index (χ4n) is 5.39. The third-order valence-corrected chi connectivity index (χ3v) is 7.31. The summed E-state index contributed by atoms with van der Waals surface area (Å²) in [6.07, 6.45) is 11.0. The third kappa shape index (κ3) is 3.38. The Morgan fingerprint density at radius 1 is 1.03 bits per heavy atom.